The van der Waals surface area contributed by atoms with Crippen molar-refractivity contribution in [2.75, 3.05) is 27.2 Å². The molecule has 0 spiro atoms. The molecule has 0 aromatic heterocycles. The first kappa shape index (κ1) is 14.9. The topological polar surface area (TPSA) is 41.6 Å². The van der Waals surface area contributed by atoms with E-state index in [0.29, 0.717) is 6.54 Å². The molecule has 0 saturated carbocycles. The van der Waals surface area contributed by atoms with Crippen LogP contribution < -0.4 is 10.1 Å². The second-order valence-corrected chi connectivity index (χ2v) is 5.65. The van der Waals surface area contributed by atoms with Crippen molar-refractivity contribution < 1.29 is 9.53 Å². The highest BCUT2D eigenvalue weighted by Crippen LogP contribution is 2.25. The van der Waals surface area contributed by atoms with Crippen molar-refractivity contribution >= 4 is 5.91 Å². The van der Waals surface area contributed by atoms with Crippen LogP contribution in [0, 0.1) is 19.8 Å². The SMILES string of the molecule is COc1c(C)cc(CN(C)C(=O)C2CCNC2)cc1C. The average molecular weight is 276 g/mol. The summed E-state index contributed by atoms with van der Waals surface area (Å²) in [4.78, 5) is 14.1. The molecular weight excluding hydrogens is 252 g/mol. The Morgan fingerprint density at radius 2 is 2.05 bits per heavy atom. The molecule has 110 valence electrons. The van der Waals surface area contributed by atoms with Crippen LogP contribution in [0.4, 0.5) is 0 Å². The van der Waals surface area contributed by atoms with Gasteiger partial charge >= 0.3 is 0 Å². The van der Waals surface area contributed by atoms with Crippen molar-refractivity contribution in [3.63, 3.8) is 0 Å². The Morgan fingerprint density at radius 3 is 2.55 bits per heavy atom. The summed E-state index contributed by atoms with van der Waals surface area (Å²) in [5.41, 5.74) is 3.39. The van der Waals surface area contributed by atoms with E-state index in [-0.39, 0.29) is 11.8 Å². The van der Waals surface area contributed by atoms with E-state index in [4.69, 9.17) is 4.74 Å². The van der Waals surface area contributed by atoms with Gasteiger partial charge < -0.3 is 15.0 Å². The molecule has 4 heteroatoms. The molecule has 2 rings (SSSR count). The van der Waals surface area contributed by atoms with E-state index in [0.717, 1.165) is 42.0 Å². The van der Waals surface area contributed by atoms with Crippen molar-refractivity contribution in [2.24, 2.45) is 5.92 Å². The monoisotopic (exact) mass is 276 g/mol. The van der Waals surface area contributed by atoms with E-state index in [1.807, 2.05) is 25.8 Å². The number of amides is 1. The number of nitrogens with zero attached hydrogens (tertiary/aromatic N) is 1. The zero-order valence-electron chi connectivity index (χ0n) is 12.8. The highest BCUT2D eigenvalue weighted by atomic mass is 16.5. The van der Waals surface area contributed by atoms with E-state index in [9.17, 15) is 4.79 Å². The predicted molar refractivity (Wildman–Crippen MR) is 79.9 cm³/mol. The number of aryl methyl sites for hydroxylation is 2. The van der Waals surface area contributed by atoms with E-state index < -0.39 is 0 Å². The smallest absolute Gasteiger partial charge is 0.227 e. The number of nitrogens with one attached hydrogen (secondary N) is 1. The van der Waals surface area contributed by atoms with Crippen LogP contribution in [-0.4, -0.2) is 38.1 Å². The third-order valence-electron chi connectivity index (χ3n) is 3.93. The van der Waals surface area contributed by atoms with Gasteiger partial charge in [0.2, 0.25) is 5.91 Å². The summed E-state index contributed by atoms with van der Waals surface area (Å²) in [6.07, 6.45) is 0.948. The Bertz CT molecular complexity index is 470. The minimum Gasteiger partial charge on any atom is -0.496 e. The van der Waals surface area contributed by atoms with E-state index in [2.05, 4.69) is 17.4 Å². The lowest BCUT2D eigenvalue weighted by molar-refractivity contribution is -0.134. The second kappa shape index (κ2) is 6.27. The highest BCUT2D eigenvalue weighted by Gasteiger charge is 2.25. The Morgan fingerprint density at radius 1 is 1.40 bits per heavy atom. The molecular formula is C16H24N2O2. The molecule has 1 heterocycles. The van der Waals surface area contributed by atoms with Gasteiger partial charge in [-0.1, -0.05) is 12.1 Å². The molecule has 0 bridgehead atoms. The molecule has 1 fully saturated rings. The summed E-state index contributed by atoms with van der Waals surface area (Å²) in [6, 6.07) is 4.20. The Kier molecular flexibility index (Phi) is 4.65. The van der Waals surface area contributed by atoms with Gasteiger partial charge in [-0.05, 0) is 43.5 Å². The molecule has 1 atom stereocenters. The number of hydrogen-bond acceptors (Lipinski definition) is 3. The Hall–Kier alpha value is -1.55. The molecule has 0 aliphatic carbocycles. The van der Waals surface area contributed by atoms with E-state index in [1.165, 1.54) is 0 Å². The number of hydrogen-bond donors (Lipinski definition) is 1. The minimum absolute atomic E-state index is 0.139. The summed E-state index contributed by atoms with van der Waals surface area (Å²) >= 11 is 0. The molecule has 20 heavy (non-hydrogen) atoms. The van der Waals surface area contributed by atoms with Gasteiger partial charge in [0.1, 0.15) is 5.75 Å². The molecule has 4 nitrogen and oxygen atoms in total. The first-order valence-electron chi connectivity index (χ1n) is 7.12. The summed E-state index contributed by atoms with van der Waals surface area (Å²) in [5.74, 6) is 1.31. The van der Waals surface area contributed by atoms with E-state index in [1.54, 1.807) is 7.11 Å². The standard InChI is InChI=1S/C16H24N2O2/c1-11-7-13(8-12(2)15(11)20-4)10-18(3)16(19)14-5-6-17-9-14/h7-8,14,17H,5-6,9-10H2,1-4H3. The lowest BCUT2D eigenvalue weighted by atomic mass is 10.0. The van der Waals surface area contributed by atoms with Crippen LogP contribution in [0.25, 0.3) is 0 Å². The van der Waals surface area contributed by atoms with Crippen molar-refractivity contribution in [3.05, 3.63) is 28.8 Å². The number of rotatable bonds is 4. The molecule has 1 aromatic rings. The summed E-state index contributed by atoms with van der Waals surface area (Å²) in [7, 11) is 3.58. The van der Waals surface area contributed by atoms with E-state index >= 15 is 0 Å². The predicted octanol–water partition coefficient (Wildman–Crippen LogP) is 1.88. The molecule has 1 N–H and O–H groups in total. The van der Waals surface area contributed by atoms with Crippen LogP contribution in [0.3, 0.4) is 0 Å². The largest absolute Gasteiger partial charge is 0.496 e. The lowest BCUT2D eigenvalue weighted by Gasteiger charge is -2.21. The second-order valence-electron chi connectivity index (χ2n) is 5.65. The Labute approximate surface area is 121 Å². The fraction of sp³-hybridized carbons (Fsp3) is 0.562. The third-order valence-corrected chi connectivity index (χ3v) is 3.93. The maximum atomic E-state index is 12.3. The van der Waals surface area contributed by atoms with Crippen molar-refractivity contribution in [1.82, 2.24) is 10.2 Å². The summed E-state index contributed by atoms with van der Waals surface area (Å²) in [5, 5.41) is 3.24. The molecule has 1 aliphatic rings. The maximum Gasteiger partial charge on any atom is 0.227 e. The van der Waals surface area contributed by atoms with Crippen molar-refractivity contribution in [2.45, 2.75) is 26.8 Å². The normalized spacial score (nSPS) is 18.1. The van der Waals surface area contributed by atoms with Crippen LogP contribution in [0.5, 0.6) is 5.75 Å². The van der Waals surface area contributed by atoms with Crippen molar-refractivity contribution in [3.8, 4) is 5.75 Å². The first-order chi connectivity index (χ1) is 9.52. The van der Waals surface area contributed by atoms with Gasteiger partial charge in [-0.25, -0.2) is 0 Å². The quantitative estimate of drug-likeness (QED) is 0.913. The zero-order valence-corrected chi connectivity index (χ0v) is 12.8. The summed E-state index contributed by atoms with van der Waals surface area (Å²) < 4.78 is 5.38. The number of benzene rings is 1. The third kappa shape index (κ3) is 3.12. The number of carbonyl (C=O) groups is 1. The van der Waals surface area contributed by atoms with Gasteiger partial charge in [-0.2, -0.15) is 0 Å². The lowest BCUT2D eigenvalue weighted by Crippen LogP contribution is -2.33. The molecule has 0 radical (unpaired) electrons. The van der Waals surface area contributed by atoms with Crippen LogP contribution in [0.1, 0.15) is 23.1 Å². The summed E-state index contributed by atoms with van der Waals surface area (Å²) in [6.45, 7) is 6.49. The fourth-order valence-corrected chi connectivity index (χ4v) is 2.98. The van der Waals surface area contributed by atoms with Crippen LogP contribution >= 0.6 is 0 Å². The number of methoxy groups -OCH3 is 1. The highest BCUT2D eigenvalue weighted by molar-refractivity contribution is 5.79. The Balaban J connectivity index is 2.07. The first-order valence-corrected chi connectivity index (χ1v) is 7.12. The molecule has 1 aromatic carbocycles. The van der Waals surface area contributed by atoms with Crippen LogP contribution in [-0.2, 0) is 11.3 Å². The number of carbonyl (C=O) groups excluding carboxylic acids is 1. The minimum atomic E-state index is 0.139. The van der Waals surface area contributed by atoms with Crippen LogP contribution in [0.15, 0.2) is 12.1 Å². The zero-order chi connectivity index (χ0) is 14.7. The molecule has 1 saturated heterocycles. The van der Waals surface area contributed by atoms with Gasteiger partial charge in [-0.15, -0.1) is 0 Å². The molecule has 1 aliphatic heterocycles. The van der Waals surface area contributed by atoms with Gasteiger partial charge in [0.25, 0.3) is 0 Å². The molecule has 1 unspecified atom stereocenters. The average Bonchev–Trinajstić information content (AvgIpc) is 2.91. The fourth-order valence-electron chi connectivity index (χ4n) is 2.98. The van der Waals surface area contributed by atoms with Crippen molar-refractivity contribution in [1.29, 1.82) is 0 Å². The van der Waals surface area contributed by atoms with Gasteiger partial charge in [0.15, 0.2) is 0 Å². The van der Waals surface area contributed by atoms with Gasteiger partial charge in [0.05, 0.1) is 13.0 Å². The number of ether oxygens (including phenoxy) is 1. The van der Waals surface area contributed by atoms with Crippen LogP contribution in [0.2, 0.25) is 0 Å². The maximum absolute atomic E-state index is 12.3. The molecule has 1 amide bonds. The van der Waals surface area contributed by atoms with Gasteiger partial charge in [0, 0.05) is 20.1 Å². The van der Waals surface area contributed by atoms with Gasteiger partial charge in [-0.3, -0.25) is 4.79 Å².